The van der Waals surface area contributed by atoms with E-state index in [1.807, 2.05) is 6.20 Å². The van der Waals surface area contributed by atoms with Crippen LogP contribution in [0, 0.1) is 13.8 Å². The average Bonchev–Trinajstić information content (AvgIpc) is 2.69. The van der Waals surface area contributed by atoms with Crippen molar-refractivity contribution in [2.24, 2.45) is 0 Å². The van der Waals surface area contributed by atoms with E-state index in [1.54, 1.807) is 6.33 Å². The third-order valence-corrected chi connectivity index (χ3v) is 5.10. The average molecular weight is 359 g/mol. The smallest absolute Gasteiger partial charge is 0.137 e. The van der Waals surface area contributed by atoms with Gasteiger partial charge in [-0.3, -0.25) is 0 Å². The summed E-state index contributed by atoms with van der Waals surface area (Å²) < 4.78 is 0. The summed E-state index contributed by atoms with van der Waals surface area (Å²) in [6.07, 6.45) is 4.54. The predicted octanol–water partition coefficient (Wildman–Crippen LogP) is 3.69. The zero-order valence-electron chi connectivity index (χ0n) is 16.2. The van der Waals surface area contributed by atoms with Gasteiger partial charge in [0.25, 0.3) is 0 Å². The van der Waals surface area contributed by atoms with Gasteiger partial charge in [-0.05, 0) is 31.0 Å². The SMILES string of the molecule is Cc1ccc(CN(C)c2ncnc3c2CN(c2ccc(C)cn2)CC3)cc1. The predicted molar refractivity (Wildman–Crippen MR) is 109 cm³/mol. The Kier molecular flexibility index (Phi) is 4.75. The lowest BCUT2D eigenvalue weighted by Gasteiger charge is -2.32. The van der Waals surface area contributed by atoms with Crippen LogP contribution in [0.1, 0.15) is 27.9 Å². The first-order valence-corrected chi connectivity index (χ1v) is 9.37. The van der Waals surface area contributed by atoms with E-state index in [0.717, 1.165) is 43.4 Å². The quantitative estimate of drug-likeness (QED) is 0.711. The number of rotatable bonds is 4. The molecule has 0 fully saturated rings. The summed E-state index contributed by atoms with van der Waals surface area (Å²) >= 11 is 0. The van der Waals surface area contributed by atoms with E-state index in [9.17, 15) is 0 Å². The summed E-state index contributed by atoms with van der Waals surface area (Å²) in [5, 5.41) is 0. The van der Waals surface area contributed by atoms with E-state index >= 15 is 0 Å². The highest BCUT2D eigenvalue weighted by atomic mass is 15.2. The van der Waals surface area contributed by atoms with Crippen molar-refractivity contribution in [2.45, 2.75) is 33.4 Å². The molecule has 1 aliphatic rings. The van der Waals surface area contributed by atoms with Crippen LogP contribution in [-0.4, -0.2) is 28.5 Å². The fourth-order valence-electron chi connectivity index (χ4n) is 3.54. The van der Waals surface area contributed by atoms with Gasteiger partial charge >= 0.3 is 0 Å². The number of benzene rings is 1. The van der Waals surface area contributed by atoms with Gasteiger partial charge in [0.15, 0.2) is 0 Å². The molecule has 1 aromatic carbocycles. The minimum absolute atomic E-state index is 0.791. The Hall–Kier alpha value is -2.95. The van der Waals surface area contributed by atoms with Crippen LogP contribution in [0.3, 0.4) is 0 Å². The molecule has 2 aromatic heterocycles. The lowest BCUT2D eigenvalue weighted by atomic mass is 10.1. The normalized spacial score (nSPS) is 13.4. The maximum atomic E-state index is 4.62. The highest BCUT2D eigenvalue weighted by Gasteiger charge is 2.23. The number of hydrogen-bond acceptors (Lipinski definition) is 5. The van der Waals surface area contributed by atoms with Crippen LogP contribution < -0.4 is 9.80 Å². The Morgan fingerprint density at radius 2 is 1.74 bits per heavy atom. The number of nitrogens with zero attached hydrogens (tertiary/aromatic N) is 5. The second-order valence-corrected chi connectivity index (χ2v) is 7.33. The Morgan fingerprint density at radius 1 is 0.963 bits per heavy atom. The second-order valence-electron chi connectivity index (χ2n) is 7.33. The molecule has 0 aliphatic carbocycles. The number of fused-ring (bicyclic) bond motifs is 1. The number of aromatic nitrogens is 3. The van der Waals surface area contributed by atoms with Crippen LogP contribution in [0.25, 0.3) is 0 Å². The Balaban J connectivity index is 1.58. The van der Waals surface area contributed by atoms with Crippen LogP contribution in [-0.2, 0) is 19.5 Å². The van der Waals surface area contributed by atoms with Gasteiger partial charge in [-0.2, -0.15) is 0 Å². The van der Waals surface area contributed by atoms with E-state index < -0.39 is 0 Å². The maximum absolute atomic E-state index is 4.62. The minimum atomic E-state index is 0.791. The zero-order valence-corrected chi connectivity index (χ0v) is 16.2. The first-order valence-electron chi connectivity index (χ1n) is 9.37. The van der Waals surface area contributed by atoms with Gasteiger partial charge in [0.1, 0.15) is 18.0 Å². The van der Waals surface area contributed by atoms with Gasteiger partial charge in [0, 0.05) is 44.9 Å². The zero-order chi connectivity index (χ0) is 18.8. The molecule has 0 unspecified atom stereocenters. The highest BCUT2D eigenvalue weighted by Crippen LogP contribution is 2.28. The van der Waals surface area contributed by atoms with Gasteiger partial charge in [-0.1, -0.05) is 35.9 Å². The topological polar surface area (TPSA) is 45.2 Å². The van der Waals surface area contributed by atoms with Crippen molar-refractivity contribution < 1.29 is 0 Å². The van der Waals surface area contributed by atoms with Crippen molar-refractivity contribution in [3.05, 3.63) is 76.9 Å². The van der Waals surface area contributed by atoms with Crippen molar-refractivity contribution in [1.29, 1.82) is 0 Å². The third kappa shape index (κ3) is 3.77. The second kappa shape index (κ2) is 7.35. The number of aryl methyl sites for hydroxylation is 2. The molecule has 138 valence electrons. The van der Waals surface area contributed by atoms with Gasteiger partial charge in [0.2, 0.25) is 0 Å². The molecular weight excluding hydrogens is 334 g/mol. The van der Waals surface area contributed by atoms with Gasteiger partial charge < -0.3 is 9.80 Å². The first-order chi connectivity index (χ1) is 13.1. The fourth-order valence-corrected chi connectivity index (χ4v) is 3.54. The molecule has 0 amide bonds. The van der Waals surface area contributed by atoms with Crippen molar-refractivity contribution in [2.75, 3.05) is 23.4 Å². The van der Waals surface area contributed by atoms with Crippen LogP contribution in [0.4, 0.5) is 11.6 Å². The van der Waals surface area contributed by atoms with Crippen molar-refractivity contribution in [3.8, 4) is 0 Å². The molecule has 0 spiro atoms. The molecule has 0 saturated carbocycles. The molecule has 0 radical (unpaired) electrons. The number of anilines is 2. The summed E-state index contributed by atoms with van der Waals surface area (Å²) in [4.78, 5) is 18.3. The van der Waals surface area contributed by atoms with Crippen molar-refractivity contribution >= 4 is 11.6 Å². The molecule has 4 rings (SSSR count). The molecule has 0 atom stereocenters. The van der Waals surface area contributed by atoms with E-state index in [4.69, 9.17) is 0 Å². The first kappa shape index (κ1) is 17.5. The Bertz CT molecular complexity index is 918. The molecule has 0 bridgehead atoms. The van der Waals surface area contributed by atoms with Crippen molar-refractivity contribution in [3.63, 3.8) is 0 Å². The molecule has 3 heterocycles. The van der Waals surface area contributed by atoms with Gasteiger partial charge in [-0.15, -0.1) is 0 Å². The summed E-state index contributed by atoms with van der Waals surface area (Å²) in [6, 6.07) is 12.9. The summed E-state index contributed by atoms with van der Waals surface area (Å²) in [5.41, 5.74) is 6.10. The summed E-state index contributed by atoms with van der Waals surface area (Å²) in [6.45, 7) is 6.73. The largest absolute Gasteiger partial charge is 0.355 e. The molecule has 0 saturated heterocycles. The lowest BCUT2D eigenvalue weighted by molar-refractivity contribution is 0.690. The third-order valence-electron chi connectivity index (χ3n) is 5.10. The standard InChI is InChI=1S/C22H25N5/c1-16-4-7-18(8-5-16)13-26(3)22-19-14-27(11-10-20(19)24-15-25-22)21-9-6-17(2)12-23-21/h4-9,12,15H,10-11,13-14H2,1-3H3. The van der Waals surface area contributed by atoms with Crippen molar-refractivity contribution in [1.82, 2.24) is 15.0 Å². The number of pyridine rings is 1. The summed E-state index contributed by atoms with van der Waals surface area (Å²) in [5.74, 6) is 2.03. The monoisotopic (exact) mass is 359 g/mol. The van der Waals surface area contributed by atoms with Crippen LogP contribution in [0.5, 0.6) is 0 Å². The van der Waals surface area contributed by atoms with E-state index in [1.165, 1.54) is 22.3 Å². The molecule has 5 nitrogen and oxygen atoms in total. The van der Waals surface area contributed by atoms with E-state index in [0.29, 0.717) is 0 Å². The minimum Gasteiger partial charge on any atom is -0.355 e. The van der Waals surface area contributed by atoms with Gasteiger partial charge in [0.05, 0.1) is 5.69 Å². The molecule has 3 aromatic rings. The Morgan fingerprint density at radius 3 is 2.48 bits per heavy atom. The Labute approximate surface area is 160 Å². The van der Waals surface area contributed by atoms with Gasteiger partial charge in [-0.25, -0.2) is 15.0 Å². The molecule has 27 heavy (non-hydrogen) atoms. The maximum Gasteiger partial charge on any atom is 0.137 e. The molecule has 0 N–H and O–H groups in total. The molecule has 1 aliphatic heterocycles. The molecule has 5 heteroatoms. The summed E-state index contributed by atoms with van der Waals surface area (Å²) in [7, 11) is 2.10. The highest BCUT2D eigenvalue weighted by molar-refractivity contribution is 5.53. The van der Waals surface area contributed by atoms with Crippen LogP contribution in [0.2, 0.25) is 0 Å². The number of hydrogen-bond donors (Lipinski definition) is 0. The molecular formula is C22H25N5. The van der Waals surface area contributed by atoms with Crippen LogP contribution in [0.15, 0.2) is 48.9 Å². The lowest BCUT2D eigenvalue weighted by Crippen LogP contribution is -2.33. The van der Waals surface area contributed by atoms with E-state index in [2.05, 4.69) is 82.0 Å². The van der Waals surface area contributed by atoms with E-state index in [-0.39, 0.29) is 0 Å². The van der Waals surface area contributed by atoms with Crippen LogP contribution >= 0.6 is 0 Å². The fraction of sp³-hybridized carbons (Fsp3) is 0.318.